The maximum absolute atomic E-state index is 11.7. The van der Waals surface area contributed by atoms with Crippen LogP contribution in [0.25, 0.3) is 0 Å². The lowest BCUT2D eigenvalue weighted by atomic mass is 10.0. The van der Waals surface area contributed by atoms with Crippen molar-refractivity contribution in [2.75, 3.05) is 13.2 Å². The Labute approximate surface area is 264 Å². The van der Waals surface area contributed by atoms with Crippen LogP contribution in [0.1, 0.15) is 219 Å². The summed E-state index contributed by atoms with van der Waals surface area (Å²) in [5.41, 5.74) is 0. The molecule has 0 spiro atoms. The highest BCUT2D eigenvalue weighted by atomic mass is 16.7. The summed E-state index contributed by atoms with van der Waals surface area (Å²) < 4.78 is 10.5. The topological polar surface area (TPSA) is 35.5 Å². The third kappa shape index (κ3) is 37.0. The van der Waals surface area contributed by atoms with Crippen LogP contribution < -0.4 is 0 Å². The van der Waals surface area contributed by atoms with Gasteiger partial charge in [-0.2, -0.15) is 0 Å². The number of rotatable bonds is 35. The van der Waals surface area contributed by atoms with E-state index in [1.807, 2.05) is 0 Å². The first-order chi connectivity index (χ1) is 20.8. The van der Waals surface area contributed by atoms with Gasteiger partial charge in [-0.05, 0) is 38.5 Å². The van der Waals surface area contributed by atoms with Crippen molar-refractivity contribution in [3.63, 3.8) is 0 Å². The van der Waals surface area contributed by atoms with E-state index in [1.54, 1.807) is 0 Å². The highest BCUT2D eigenvalue weighted by Crippen LogP contribution is 2.15. The summed E-state index contributed by atoms with van der Waals surface area (Å²) in [6.45, 7) is 5.56. The van der Waals surface area contributed by atoms with Gasteiger partial charge in [0.1, 0.15) is 0 Å². The maximum atomic E-state index is 11.7. The highest BCUT2D eigenvalue weighted by Gasteiger charge is 2.03. The minimum absolute atomic E-state index is 0.478. The van der Waals surface area contributed by atoms with Crippen LogP contribution in [0.15, 0.2) is 12.2 Å². The van der Waals surface area contributed by atoms with Gasteiger partial charge in [0.15, 0.2) is 0 Å². The van der Waals surface area contributed by atoms with Crippen molar-refractivity contribution >= 4 is 6.16 Å². The molecule has 0 bridgehead atoms. The summed E-state index contributed by atoms with van der Waals surface area (Å²) in [5.74, 6) is 0. The molecule has 0 aromatic rings. The Balaban J connectivity index is 3.16. The van der Waals surface area contributed by atoms with E-state index in [9.17, 15) is 4.79 Å². The molecule has 0 unspecified atom stereocenters. The van der Waals surface area contributed by atoms with Crippen LogP contribution in [-0.4, -0.2) is 19.4 Å². The Morgan fingerprint density at radius 3 is 0.905 bits per heavy atom. The molecule has 0 atom stereocenters. The quantitative estimate of drug-likeness (QED) is 0.0417. The molecule has 0 saturated heterocycles. The Bertz CT molecular complexity index is 530. The zero-order chi connectivity index (χ0) is 30.4. The highest BCUT2D eigenvalue weighted by molar-refractivity contribution is 5.59. The predicted octanol–water partition coefficient (Wildman–Crippen LogP) is 14.2. The zero-order valence-electron chi connectivity index (χ0n) is 28.9. The van der Waals surface area contributed by atoms with Gasteiger partial charge in [-0.1, -0.05) is 193 Å². The Morgan fingerprint density at radius 1 is 0.357 bits per heavy atom. The summed E-state index contributed by atoms with van der Waals surface area (Å²) in [7, 11) is 0. The molecule has 0 aliphatic rings. The number of hydrogen-bond acceptors (Lipinski definition) is 3. The fourth-order valence-corrected chi connectivity index (χ4v) is 5.71. The second kappa shape index (κ2) is 38.0. The molecular weight excluding hydrogens is 516 g/mol. The molecule has 0 fully saturated rings. The predicted molar refractivity (Wildman–Crippen MR) is 186 cm³/mol. The van der Waals surface area contributed by atoms with E-state index >= 15 is 0 Å². The Kier molecular flexibility index (Phi) is 37.1. The summed E-state index contributed by atoms with van der Waals surface area (Å²) in [6.07, 6.45) is 46.9. The molecule has 0 rings (SSSR count). The molecule has 0 heterocycles. The van der Waals surface area contributed by atoms with E-state index in [-0.39, 0.29) is 0 Å². The zero-order valence-corrected chi connectivity index (χ0v) is 28.9. The van der Waals surface area contributed by atoms with Crippen molar-refractivity contribution in [3.05, 3.63) is 12.2 Å². The lowest BCUT2D eigenvalue weighted by molar-refractivity contribution is 0.0529. The summed E-state index contributed by atoms with van der Waals surface area (Å²) >= 11 is 0. The third-order valence-corrected chi connectivity index (χ3v) is 8.59. The van der Waals surface area contributed by atoms with E-state index in [2.05, 4.69) is 26.0 Å². The van der Waals surface area contributed by atoms with Gasteiger partial charge in [0.2, 0.25) is 0 Å². The van der Waals surface area contributed by atoms with Crippen molar-refractivity contribution in [1.82, 2.24) is 0 Å². The van der Waals surface area contributed by atoms with Gasteiger partial charge in [-0.15, -0.1) is 0 Å². The molecule has 250 valence electrons. The maximum Gasteiger partial charge on any atom is 0.508 e. The molecule has 3 heteroatoms. The number of allylic oxidation sites excluding steroid dienone is 2. The van der Waals surface area contributed by atoms with Crippen LogP contribution in [0.5, 0.6) is 0 Å². The molecule has 0 N–H and O–H groups in total. The third-order valence-electron chi connectivity index (χ3n) is 8.59. The molecule has 42 heavy (non-hydrogen) atoms. The minimum atomic E-state index is -0.478. The van der Waals surface area contributed by atoms with Gasteiger partial charge < -0.3 is 9.47 Å². The average molecular weight is 593 g/mol. The van der Waals surface area contributed by atoms with Crippen LogP contribution in [0.4, 0.5) is 4.79 Å². The molecule has 0 saturated carbocycles. The summed E-state index contributed by atoms with van der Waals surface area (Å²) in [4.78, 5) is 11.7. The summed E-state index contributed by atoms with van der Waals surface area (Å²) in [6, 6.07) is 0. The monoisotopic (exact) mass is 593 g/mol. The van der Waals surface area contributed by atoms with Gasteiger partial charge in [-0.3, -0.25) is 0 Å². The first kappa shape index (κ1) is 41.0. The number of carbonyl (C=O) groups is 1. The molecular formula is C39H76O3. The van der Waals surface area contributed by atoms with Crippen LogP contribution in [-0.2, 0) is 9.47 Å². The van der Waals surface area contributed by atoms with Crippen LogP contribution >= 0.6 is 0 Å². The Hall–Kier alpha value is -0.990. The smallest absolute Gasteiger partial charge is 0.434 e. The molecule has 0 aromatic heterocycles. The van der Waals surface area contributed by atoms with E-state index in [0.29, 0.717) is 13.2 Å². The van der Waals surface area contributed by atoms with Crippen molar-refractivity contribution < 1.29 is 14.3 Å². The van der Waals surface area contributed by atoms with Crippen molar-refractivity contribution in [3.8, 4) is 0 Å². The number of carbonyl (C=O) groups excluding carboxylic acids is 1. The van der Waals surface area contributed by atoms with Crippen LogP contribution in [0.3, 0.4) is 0 Å². The molecule has 0 amide bonds. The largest absolute Gasteiger partial charge is 0.508 e. The van der Waals surface area contributed by atoms with Crippen LogP contribution in [0.2, 0.25) is 0 Å². The Morgan fingerprint density at radius 2 is 0.595 bits per heavy atom. The van der Waals surface area contributed by atoms with Gasteiger partial charge >= 0.3 is 6.16 Å². The standard InChI is InChI=1S/C39H76O3/c1-3-5-7-9-11-13-15-17-19-20-21-22-23-24-26-28-30-32-34-36-38-42-39(40)41-37-35-33-31-29-27-25-18-16-14-12-10-8-6-4-2/h14,16H,3-13,15,17-38H2,1-2H3/b16-14-. The first-order valence-electron chi connectivity index (χ1n) is 19.3. The second-order valence-electron chi connectivity index (χ2n) is 12.9. The summed E-state index contributed by atoms with van der Waals surface area (Å²) in [5, 5.41) is 0. The number of unbranched alkanes of at least 4 members (excludes halogenated alkanes) is 29. The minimum Gasteiger partial charge on any atom is -0.434 e. The molecule has 0 aliphatic carbocycles. The number of hydrogen-bond donors (Lipinski definition) is 0. The average Bonchev–Trinajstić information content (AvgIpc) is 3.00. The number of ether oxygens (including phenoxy) is 2. The fraction of sp³-hybridized carbons (Fsp3) is 0.923. The lowest BCUT2D eigenvalue weighted by Gasteiger charge is -2.06. The van der Waals surface area contributed by atoms with Gasteiger partial charge in [-0.25, -0.2) is 4.79 Å². The van der Waals surface area contributed by atoms with Crippen molar-refractivity contribution in [1.29, 1.82) is 0 Å². The molecule has 0 aliphatic heterocycles. The van der Waals surface area contributed by atoms with E-state index in [0.717, 1.165) is 25.7 Å². The molecule has 3 nitrogen and oxygen atoms in total. The van der Waals surface area contributed by atoms with E-state index in [1.165, 1.54) is 180 Å². The van der Waals surface area contributed by atoms with Gasteiger partial charge in [0.05, 0.1) is 13.2 Å². The van der Waals surface area contributed by atoms with Crippen molar-refractivity contribution in [2.45, 2.75) is 219 Å². The molecule has 0 radical (unpaired) electrons. The second-order valence-corrected chi connectivity index (χ2v) is 12.9. The van der Waals surface area contributed by atoms with E-state index in [4.69, 9.17) is 9.47 Å². The first-order valence-corrected chi connectivity index (χ1v) is 19.3. The normalized spacial score (nSPS) is 11.5. The van der Waals surface area contributed by atoms with Gasteiger partial charge in [0.25, 0.3) is 0 Å². The van der Waals surface area contributed by atoms with E-state index < -0.39 is 6.16 Å². The van der Waals surface area contributed by atoms with Gasteiger partial charge in [0, 0.05) is 0 Å². The fourth-order valence-electron chi connectivity index (χ4n) is 5.71. The van der Waals surface area contributed by atoms with Crippen LogP contribution in [0, 0.1) is 0 Å². The molecule has 0 aromatic carbocycles. The SMILES string of the molecule is CCCCCC/C=C\CCCCCCCCOC(=O)OCCCCCCCCCCCCCCCCCCCCCC. The lowest BCUT2D eigenvalue weighted by Crippen LogP contribution is -2.09. The van der Waals surface area contributed by atoms with Crippen molar-refractivity contribution in [2.24, 2.45) is 0 Å².